The number of carbonyl (C=O) groups is 1. The maximum atomic E-state index is 12.3. The van der Waals surface area contributed by atoms with Crippen LogP contribution in [-0.2, 0) is 18.4 Å². The number of benzene rings is 1. The summed E-state index contributed by atoms with van der Waals surface area (Å²) < 4.78 is 3.79. The van der Waals surface area contributed by atoms with Crippen molar-refractivity contribution >= 4 is 38.6 Å². The second kappa shape index (κ2) is 6.56. The van der Waals surface area contributed by atoms with Gasteiger partial charge in [0.15, 0.2) is 5.65 Å². The molecule has 1 aromatic carbocycles. The number of aryl methyl sites for hydroxylation is 3. The molecule has 3 rings (SSSR count). The number of anilines is 1. The Kier molecular flexibility index (Phi) is 4.48. The summed E-state index contributed by atoms with van der Waals surface area (Å²) >= 11 is 3.42. The van der Waals surface area contributed by atoms with E-state index in [2.05, 4.69) is 31.3 Å². The molecule has 0 atom stereocenters. The quantitative estimate of drug-likeness (QED) is 0.741. The summed E-state index contributed by atoms with van der Waals surface area (Å²) in [6.45, 7) is 2.23. The van der Waals surface area contributed by atoms with E-state index in [1.165, 1.54) is 17.1 Å². The van der Waals surface area contributed by atoms with Crippen molar-refractivity contribution in [2.75, 3.05) is 5.32 Å². The maximum Gasteiger partial charge on any atom is 0.264 e. The Morgan fingerprint density at radius 2 is 2.17 bits per heavy atom. The minimum Gasteiger partial charge on any atom is -0.325 e. The molecule has 0 saturated carbocycles. The second-order valence-corrected chi connectivity index (χ2v) is 6.38. The molecule has 8 heteroatoms. The molecule has 0 spiro atoms. The minimum atomic E-state index is -0.197. The number of amides is 1. The third-order valence-corrected chi connectivity index (χ3v) is 4.35. The number of aromatic nitrogens is 4. The molecular formula is C16H16BrN5O2. The number of carbonyl (C=O) groups excluding carboxylic acids is 1. The van der Waals surface area contributed by atoms with Gasteiger partial charge in [-0.15, -0.1) is 0 Å². The van der Waals surface area contributed by atoms with Crippen LogP contribution in [0, 0.1) is 6.92 Å². The average molecular weight is 390 g/mol. The zero-order chi connectivity index (χ0) is 17.3. The second-order valence-electron chi connectivity index (χ2n) is 5.53. The van der Waals surface area contributed by atoms with Gasteiger partial charge in [0.25, 0.3) is 5.56 Å². The first-order chi connectivity index (χ1) is 11.5. The average Bonchev–Trinajstić information content (AvgIpc) is 2.92. The minimum absolute atomic E-state index is 0.169. The molecule has 1 amide bonds. The smallest absolute Gasteiger partial charge is 0.264 e. The van der Waals surface area contributed by atoms with Gasteiger partial charge in [0.1, 0.15) is 5.39 Å². The SMILES string of the molecule is Cc1ccc(NC(=O)CCn2cnc3c(cnn3C)c2=O)c(Br)c1. The monoisotopic (exact) mass is 389 g/mol. The highest BCUT2D eigenvalue weighted by molar-refractivity contribution is 9.10. The van der Waals surface area contributed by atoms with Crippen molar-refractivity contribution in [1.29, 1.82) is 0 Å². The summed E-state index contributed by atoms with van der Waals surface area (Å²) in [4.78, 5) is 28.7. The van der Waals surface area contributed by atoms with Crippen LogP contribution in [0.4, 0.5) is 5.69 Å². The number of halogens is 1. The van der Waals surface area contributed by atoms with E-state index in [1.807, 2.05) is 25.1 Å². The molecule has 0 aliphatic carbocycles. The Labute approximate surface area is 146 Å². The van der Waals surface area contributed by atoms with Crippen LogP contribution in [0.3, 0.4) is 0 Å². The van der Waals surface area contributed by atoms with Crippen LogP contribution in [0.2, 0.25) is 0 Å². The lowest BCUT2D eigenvalue weighted by Crippen LogP contribution is -2.23. The van der Waals surface area contributed by atoms with Crippen LogP contribution in [0.1, 0.15) is 12.0 Å². The number of hydrogen-bond acceptors (Lipinski definition) is 4. The highest BCUT2D eigenvalue weighted by Crippen LogP contribution is 2.23. The van der Waals surface area contributed by atoms with Gasteiger partial charge in [0, 0.05) is 24.5 Å². The third-order valence-electron chi connectivity index (χ3n) is 3.70. The summed E-state index contributed by atoms with van der Waals surface area (Å²) in [5.74, 6) is -0.169. The fourth-order valence-corrected chi connectivity index (χ4v) is 2.97. The first-order valence-corrected chi connectivity index (χ1v) is 8.18. The third kappa shape index (κ3) is 3.23. The van der Waals surface area contributed by atoms with Crippen molar-refractivity contribution in [3.63, 3.8) is 0 Å². The highest BCUT2D eigenvalue weighted by Gasteiger charge is 2.10. The number of nitrogens with zero attached hydrogens (tertiary/aromatic N) is 4. The predicted molar refractivity (Wildman–Crippen MR) is 94.9 cm³/mol. The van der Waals surface area contributed by atoms with Gasteiger partial charge < -0.3 is 5.32 Å². The van der Waals surface area contributed by atoms with E-state index in [0.29, 0.717) is 16.7 Å². The Morgan fingerprint density at radius 3 is 2.92 bits per heavy atom. The van der Waals surface area contributed by atoms with E-state index < -0.39 is 0 Å². The molecule has 24 heavy (non-hydrogen) atoms. The summed E-state index contributed by atoms with van der Waals surface area (Å²) in [6, 6.07) is 5.69. The molecule has 3 aromatic rings. The van der Waals surface area contributed by atoms with Gasteiger partial charge in [-0.3, -0.25) is 18.8 Å². The Bertz CT molecular complexity index is 976. The van der Waals surface area contributed by atoms with Crippen LogP contribution in [0.5, 0.6) is 0 Å². The van der Waals surface area contributed by atoms with Gasteiger partial charge in [-0.2, -0.15) is 5.10 Å². The maximum absolute atomic E-state index is 12.3. The molecule has 0 aliphatic heterocycles. The summed E-state index contributed by atoms with van der Waals surface area (Å²) in [5, 5.41) is 7.30. The van der Waals surface area contributed by atoms with Crippen molar-refractivity contribution in [2.45, 2.75) is 19.9 Å². The first-order valence-electron chi connectivity index (χ1n) is 7.39. The van der Waals surface area contributed by atoms with E-state index in [4.69, 9.17) is 0 Å². The van der Waals surface area contributed by atoms with Gasteiger partial charge in [-0.1, -0.05) is 6.07 Å². The van der Waals surface area contributed by atoms with Crippen molar-refractivity contribution in [3.8, 4) is 0 Å². The van der Waals surface area contributed by atoms with E-state index in [-0.39, 0.29) is 24.4 Å². The molecule has 0 bridgehead atoms. The molecule has 7 nitrogen and oxygen atoms in total. The van der Waals surface area contributed by atoms with Crippen LogP contribution in [0.15, 0.2) is 40.0 Å². The molecule has 1 N–H and O–H groups in total. The van der Waals surface area contributed by atoms with Crippen LogP contribution >= 0.6 is 15.9 Å². The lowest BCUT2D eigenvalue weighted by Gasteiger charge is -2.09. The fraction of sp³-hybridized carbons (Fsp3) is 0.250. The molecule has 0 unspecified atom stereocenters. The van der Waals surface area contributed by atoms with Crippen molar-refractivity contribution < 1.29 is 4.79 Å². The Morgan fingerprint density at radius 1 is 1.38 bits per heavy atom. The molecule has 0 aliphatic rings. The van der Waals surface area contributed by atoms with Crippen LogP contribution < -0.4 is 10.9 Å². The summed E-state index contributed by atoms with van der Waals surface area (Å²) in [7, 11) is 1.73. The van der Waals surface area contributed by atoms with Crippen molar-refractivity contribution in [3.05, 3.63) is 51.1 Å². The Hall–Kier alpha value is -2.48. The van der Waals surface area contributed by atoms with Crippen molar-refractivity contribution in [2.24, 2.45) is 7.05 Å². The number of nitrogens with one attached hydrogen (secondary N) is 1. The molecule has 0 saturated heterocycles. The highest BCUT2D eigenvalue weighted by atomic mass is 79.9. The van der Waals surface area contributed by atoms with E-state index in [9.17, 15) is 9.59 Å². The summed E-state index contributed by atoms with van der Waals surface area (Å²) in [6.07, 6.45) is 3.11. The van der Waals surface area contributed by atoms with E-state index in [1.54, 1.807) is 11.7 Å². The van der Waals surface area contributed by atoms with Gasteiger partial charge in [0.2, 0.25) is 5.91 Å². The fourth-order valence-electron chi connectivity index (χ4n) is 2.38. The van der Waals surface area contributed by atoms with Crippen molar-refractivity contribution in [1.82, 2.24) is 19.3 Å². The van der Waals surface area contributed by atoms with Gasteiger partial charge in [-0.05, 0) is 40.5 Å². The summed E-state index contributed by atoms with van der Waals surface area (Å²) in [5.41, 5.74) is 2.14. The van der Waals surface area contributed by atoms with Crippen LogP contribution in [-0.4, -0.2) is 25.2 Å². The van der Waals surface area contributed by atoms with E-state index in [0.717, 1.165) is 10.0 Å². The number of fused-ring (bicyclic) bond motifs is 1. The van der Waals surface area contributed by atoms with E-state index >= 15 is 0 Å². The molecular weight excluding hydrogens is 374 g/mol. The standard InChI is InChI=1S/C16H16BrN5O2/c1-10-3-4-13(12(17)7-10)20-14(23)5-6-22-9-18-15-11(16(22)24)8-19-21(15)2/h3-4,7-9H,5-6H2,1-2H3,(H,20,23). The van der Waals surface area contributed by atoms with Gasteiger partial charge in [0.05, 0.1) is 18.2 Å². The topological polar surface area (TPSA) is 81.8 Å². The zero-order valence-electron chi connectivity index (χ0n) is 13.3. The molecule has 0 fully saturated rings. The molecule has 2 heterocycles. The lowest BCUT2D eigenvalue weighted by molar-refractivity contribution is -0.116. The zero-order valence-corrected chi connectivity index (χ0v) is 14.9. The predicted octanol–water partition coefficient (Wildman–Crippen LogP) is 2.23. The van der Waals surface area contributed by atoms with Crippen LogP contribution in [0.25, 0.3) is 11.0 Å². The first kappa shape index (κ1) is 16.4. The van der Waals surface area contributed by atoms with Gasteiger partial charge in [-0.25, -0.2) is 4.98 Å². The number of rotatable bonds is 4. The largest absolute Gasteiger partial charge is 0.325 e. The number of hydrogen-bond donors (Lipinski definition) is 1. The molecule has 0 radical (unpaired) electrons. The Balaban J connectivity index is 1.70. The molecule has 2 aromatic heterocycles. The lowest BCUT2D eigenvalue weighted by atomic mass is 10.2. The normalized spacial score (nSPS) is 11.0. The van der Waals surface area contributed by atoms with Gasteiger partial charge >= 0.3 is 0 Å². The molecule has 124 valence electrons.